The number of carbonyl (C=O) groups is 1. The first-order valence-electron chi connectivity index (χ1n) is 6.57. The lowest BCUT2D eigenvalue weighted by Gasteiger charge is -2.26. The molecule has 0 saturated carbocycles. The molecular formula is C13H21N3O2. The molecule has 0 amide bonds. The van der Waals surface area contributed by atoms with E-state index in [0.717, 1.165) is 19.3 Å². The highest BCUT2D eigenvalue weighted by Crippen LogP contribution is 2.29. The van der Waals surface area contributed by atoms with Crippen molar-refractivity contribution >= 4 is 5.97 Å². The fourth-order valence-corrected chi connectivity index (χ4v) is 2.52. The Labute approximate surface area is 108 Å². The lowest BCUT2D eigenvalue weighted by atomic mass is 9.92. The molecule has 5 nitrogen and oxygen atoms in total. The standard InChI is InChI=1S/C13H21N3O2/c1-4-18-13(17)9(2)15-11-6-5-7-12-10(11)8-14-16(12)3/h8-9,11,15H,4-7H2,1-3H3. The van der Waals surface area contributed by atoms with Crippen LogP contribution in [0.1, 0.15) is 44.0 Å². The zero-order chi connectivity index (χ0) is 13.1. The van der Waals surface area contributed by atoms with E-state index in [4.69, 9.17) is 4.74 Å². The highest BCUT2D eigenvalue weighted by atomic mass is 16.5. The number of hydrogen-bond acceptors (Lipinski definition) is 4. The van der Waals surface area contributed by atoms with Crippen molar-refractivity contribution < 1.29 is 9.53 Å². The summed E-state index contributed by atoms with van der Waals surface area (Å²) in [5, 5.41) is 7.64. The average Bonchev–Trinajstić information content (AvgIpc) is 2.73. The van der Waals surface area contributed by atoms with Crippen LogP contribution in [0, 0.1) is 0 Å². The highest BCUT2D eigenvalue weighted by molar-refractivity contribution is 5.75. The van der Waals surface area contributed by atoms with Gasteiger partial charge in [0.2, 0.25) is 0 Å². The van der Waals surface area contributed by atoms with Crippen LogP contribution < -0.4 is 5.32 Å². The van der Waals surface area contributed by atoms with Gasteiger partial charge in [-0.2, -0.15) is 5.10 Å². The van der Waals surface area contributed by atoms with Crippen molar-refractivity contribution in [3.63, 3.8) is 0 Å². The first-order valence-corrected chi connectivity index (χ1v) is 6.57. The number of aryl methyl sites for hydroxylation is 1. The maximum absolute atomic E-state index is 11.6. The quantitative estimate of drug-likeness (QED) is 0.820. The first kappa shape index (κ1) is 13.1. The third-order valence-electron chi connectivity index (χ3n) is 3.47. The number of hydrogen-bond donors (Lipinski definition) is 1. The summed E-state index contributed by atoms with van der Waals surface area (Å²) in [6.45, 7) is 4.10. The largest absolute Gasteiger partial charge is 0.465 e. The van der Waals surface area contributed by atoms with Gasteiger partial charge in [-0.3, -0.25) is 14.8 Å². The van der Waals surface area contributed by atoms with Gasteiger partial charge in [0, 0.05) is 24.3 Å². The lowest BCUT2D eigenvalue weighted by molar-refractivity contribution is -0.145. The fraction of sp³-hybridized carbons (Fsp3) is 0.692. The smallest absolute Gasteiger partial charge is 0.322 e. The molecule has 2 unspecified atom stereocenters. The van der Waals surface area contributed by atoms with Gasteiger partial charge in [-0.05, 0) is 33.1 Å². The Bertz CT molecular complexity index is 428. The van der Waals surface area contributed by atoms with Crippen molar-refractivity contribution in [3.8, 4) is 0 Å². The number of ether oxygens (including phenoxy) is 1. The maximum Gasteiger partial charge on any atom is 0.322 e. The molecule has 1 aliphatic rings. The van der Waals surface area contributed by atoms with Crippen LogP contribution in [-0.2, 0) is 23.0 Å². The van der Waals surface area contributed by atoms with Gasteiger partial charge in [-0.25, -0.2) is 0 Å². The molecule has 1 aromatic rings. The minimum Gasteiger partial charge on any atom is -0.465 e. The number of esters is 1. The molecule has 0 fully saturated rings. The van der Waals surface area contributed by atoms with E-state index in [1.54, 1.807) is 0 Å². The van der Waals surface area contributed by atoms with E-state index >= 15 is 0 Å². The summed E-state index contributed by atoms with van der Waals surface area (Å²) >= 11 is 0. The number of fused-ring (bicyclic) bond motifs is 1. The van der Waals surface area contributed by atoms with Gasteiger partial charge in [0.25, 0.3) is 0 Å². The van der Waals surface area contributed by atoms with Crippen LogP contribution in [0.2, 0.25) is 0 Å². The van der Waals surface area contributed by atoms with Gasteiger partial charge in [0.15, 0.2) is 0 Å². The molecule has 18 heavy (non-hydrogen) atoms. The summed E-state index contributed by atoms with van der Waals surface area (Å²) in [4.78, 5) is 11.6. The van der Waals surface area contributed by atoms with Crippen molar-refractivity contribution in [1.82, 2.24) is 15.1 Å². The van der Waals surface area contributed by atoms with E-state index in [2.05, 4.69) is 10.4 Å². The van der Waals surface area contributed by atoms with Crippen LogP contribution in [0.5, 0.6) is 0 Å². The van der Waals surface area contributed by atoms with Gasteiger partial charge in [0.1, 0.15) is 6.04 Å². The molecule has 1 aromatic heterocycles. The minimum atomic E-state index is -0.277. The number of nitrogens with one attached hydrogen (secondary N) is 1. The Kier molecular flexibility index (Phi) is 4.01. The molecule has 100 valence electrons. The summed E-state index contributed by atoms with van der Waals surface area (Å²) in [7, 11) is 1.97. The van der Waals surface area contributed by atoms with Crippen molar-refractivity contribution in [2.75, 3.05) is 6.61 Å². The molecule has 0 aromatic carbocycles. The Morgan fingerprint density at radius 3 is 3.22 bits per heavy atom. The third kappa shape index (κ3) is 2.56. The van der Waals surface area contributed by atoms with Crippen LogP contribution >= 0.6 is 0 Å². The molecule has 0 radical (unpaired) electrons. The van der Waals surface area contributed by atoms with E-state index in [9.17, 15) is 4.79 Å². The molecule has 1 aliphatic carbocycles. The lowest BCUT2D eigenvalue weighted by Crippen LogP contribution is -2.39. The number of carbonyl (C=O) groups excluding carboxylic acids is 1. The van der Waals surface area contributed by atoms with Gasteiger partial charge < -0.3 is 4.74 Å². The maximum atomic E-state index is 11.6. The summed E-state index contributed by atoms with van der Waals surface area (Å²) in [5.74, 6) is -0.187. The van der Waals surface area contributed by atoms with Crippen LogP contribution in [-0.4, -0.2) is 28.4 Å². The van der Waals surface area contributed by atoms with E-state index in [1.807, 2.05) is 31.8 Å². The van der Waals surface area contributed by atoms with Gasteiger partial charge >= 0.3 is 5.97 Å². The Morgan fingerprint density at radius 1 is 1.72 bits per heavy atom. The van der Waals surface area contributed by atoms with Crippen molar-refractivity contribution in [2.24, 2.45) is 7.05 Å². The highest BCUT2D eigenvalue weighted by Gasteiger charge is 2.26. The van der Waals surface area contributed by atoms with Crippen molar-refractivity contribution in [3.05, 3.63) is 17.5 Å². The minimum absolute atomic E-state index is 0.187. The SMILES string of the molecule is CCOC(=O)C(C)NC1CCCc2c1cnn2C. The molecule has 0 aliphatic heterocycles. The topological polar surface area (TPSA) is 56.1 Å². The molecule has 2 atom stereocenters. The number of nitrogens with zero attached hydrogens (tertiary/aromatic N) is 2. The van der Waals surface area contributed by atoms with E-state index < -0.39 is 0 Å². The Morgan fingerprint density at radius 2 is 2.50 bits per heavy atom. The second-order valence-electron chi connectivity index (χ2n) is 4.76. The molecule has 2 rings (SSSR count). The molecular weight excluding hydrogens is 230 g/mol. The Hall–Kier alpha value is -1.36. The molecule has 0 spiro atoms. The molecule has 0 saturated heterocycles. The van der Waals surface area contributed by atoms with Gasteiger partial charge in [0.05, 0.1) is 12.8 Å². The predicted molar refractivity (Wildman–Crippen MR) is 68.1 cm³/mol. The summed E-state index contributed by atoms with van der Waals surface area (Å²) in [6.07, 6.45) is 5.14. The zero-order valence-corrected chi connectivity index (χ0v) is 11.3. The second-order valence-corrected chi connectivity index (χ2v) is 4.76. The third-order valence-corrected chi connectivity index (χ3v) is 3.47. The van der Waals surface area contributed by atoms with E-state index in [-0.39, 0.29) is 18.1 Å². The normalized spacial score (nSPS) is 20.3. The van der Waals surface area contributed by atoms with Crippen LogP contribution in [0.15, 0.2) is 6.20 Å². The molecule has 0 bridgehead atoms. The van der Waals surface area contributed by atoms with Crippen molar-refractivity contribution in [1.29, 1.82) is 0 Å². The molecule has 5 heteroatoms. The number of rotatable bonds is 4. The van der Waals surface area contributed by atoms with Gasteiger partial charge in [-0.15, -0.1) is 0 Å². The monoisotopic (exact) mass is 251 g/mol. The Balaban J connectivity index is 2.05. The van der Waals surface area contributed by atoms with Crippen LogP contribution in [0.25, 0.3) is 0 Å². The average molecular weight is 251 g/mol. The molecule has 1 heterocycles. The molecule has 1 N–H and O–H groups in total. The summed E-state index contributed by atoms with van der Waals surface area (Å²) in [6, 6.07) is -0.0667. The van der Waals surface area contributed by atoms with Crippen LogP contribution in [0.4, 0.5) is 0 Å². The van der Waals surface area contributed by atoms with Crippen molar-refractivity contribution in [2.45, 2.75) is 45.2 Å². The van der Waals surface area contributed by atoms with E-state index in [1.165, 1.54) is 11.3 Å². The summed E-state index contributed by atoms with van der Waals surface area (Å²) < 4.78 is 6.94. The first-order chi connectivity index (χ1) is 8.63. The second kappa shape index (κ2) is 5.52. The predicted octanol–water partition coefficient (Wildman–Crippen LogP) is 1.34. The van der Waals surface area contributed by atoms with Crippen LogP contribution in [0.3, 0.4) is 0 Å². The summed E-state index contributed by atoms with van der Waals surface area (Å²) in [5.41, 5.74) is 2.50. The van der Waals surface area contributed by atoms with E-state index in [0.29, 0.717) is 6.61 Å². The zero-order valence-electron chi connectivity index (χ0n) is 11.3. The fourth-order valence-electron chi connectivity index (χ4n) is 2.52. The number of aromatic nitrogens is 2. The van der Waals surface area contributed by atoms with Gasteiger partial charge in [-0.1, -0.05) is 0 Å².